The highest BCUT2D eigenvalue weighted by atomic mass is 32.1. The first-order valence-corrected chi connectivity index (χ1v) is 7.39. The molecular formula is C15H23N3OS. The van der Waals surface area contributed by atoms with Crippen molar-refractivity contribution >= 4 is 34.6 Å². The third kappa shape index (κ3) is 5.57. The van der Waals surface area contributed by atoms with Crippen LogP contribution in [-0.4, -0.2) is 29.5 Å². The number of anilines is 2. The molecule has 0 aliphatic heterocycles. The number of carbonyl (C=O) groups is 1. The molecule has 0 atom stereocenters. The van der Waals surface area contributed by atoms with E-state index in [1.165, 1.54) is 0 Å². The van der Waals surface area contributed by atoms with Crippen LogP contribution in [0.1, 0.15) is 33.1 Å². The van der Waals surface area contributed by atoms with E-state index >= 15 is 0 Å². The SMILES string of the molecule is CCCCN(C)C(=S)Nc1cccc(NC(=O)CC)c1. The van der Waals surface area contributed by atoms with Gasteiger partial charge in [0.1, 0.15) is 0 Å². The highest BCUT2D eigenvalue weighted by molar-refractivity contribution is 7.80. The Balaban J connectivity index is 2.61. The minimum atomic E-state index is 0.00444. The molecule has 0 unspecified atom stereocenters. The van der Waals surface area contributed by atoms with Gasteiger partial charge in [-0.2, -0.15) is 0 Å². The zero-order valence-electron chi connectivity index (χ0n) is 12.4. The van der Waals surface area contributed by atoms with E-state index < -0.39 is 0 Å². The average molecular weight is 293 g/mol. The molecule has 0 heterocycles. The summed E-state index contributed by atoms with van der Waals surface area (Å²) in [4.78, 5) is 13.4. The van der Waals surface area contributed by atoms with Crippen molar-refractivity contribution < 1.29 is 4.79 Å². The minimum Gasteiger partial charge on any atom is -0.352 e. The first kappa shape index (κ1) is 16.4. The third-order valence-electron chi connectivity index (χ3n) is 2.91. The minimum absolute atomic E-state index is 0.00444. The highest BCUT2D eigenvalue weighted by Crippen LogP contribution is 2.15. The van der Waals surface area contributed by atoms with E-state index in [4.69, 9.17) is 12.2 Å². The van der Waals surface area contributed by atoms with Crippen LogP contribution in [0.2, 0.25) is 0 Å². The molecule has 0 bridgehead atoms. The predicted molar refractivity (Wildman–Crippen MR) is 89.1 cm³/mol. The van der Waals surface area contributed by atoms with Crippen LogP contribution < -0.4 is 10.6 Å². The van der Waals surface area contributed by atoms with Gasteiger partial charge in [-0.05, 0) is 36.8 Å². The predicted octanol–water partition coefficient (Wildman–Crippen LogP) is 3.46. The molecule has 1 aromatic rings. The normalized spacial score (nSPS) is 9.95. The number of hydrogen-bond donors (Lipinski definition) is 2. The molecule has 20 heavy (non-hydrogen) atoms. The van der Waals surface area contributed by atoms with Gasteiger partial charge in [-0.3, -0.25) is 4.79 Å². The molecule has 0 spiro atoms. The molecule has 2 N–H and O–H groups in total. The van der Waals surface area contributed by atoms with E-state index in [-0.39, 0.29) is 5.91 Å². The van der Waals surface area contributed by atoms with Gasteiger partial charge in [0.15, 0.2) is 5.11 Å². The Hall–Kier alpha value is -1.62. The van der Waals surface area contributed by atoms with E-state index in [2.05, 4.69) is 17.6 Å². The van der Waals surface area contributed by atoms with Gasteiger partial charge in [-0.25, -0.2) is 0 Å². The average Bonchev–Trinajstić information content (AvgIpc) is 2.44. The quantitative estimate of drug-likeness (QED) is 0.788. The number of thiocarbonyl (C=S) groups is 1. The van der Waals surface area contributed by atoms with Crippen molar-refractivity contribution in [3.63, 3.8) is 0 Å². The first-order valence-electron chi connectivity index (χ1n) is 6.98. The van der Waals surface area contributed by atoms with Crippen LogP contribution in [-0.2, 0) is 4.79 Å². The van der Waals surface area contributed by atoms with Gasteiger partial charge < -0.3 is 15.5 Å². The van der Waals surface area contributed by atoms with Crippen LogP contribution in [0, 0.1) is 0 Å². The van der Waals surface area contributed by atoms with Crippen LogP contribution >= 0.6 is 12.2 Å². The molecular weight excluding hydrogens is 270 g/mol. The van der Waals surface area contributed by atoms with Gasteiger partial charge >= 0.3 is 0 Å². The molecule has 1 rings (SSSR count). The molecule has 0 fully saturated rings. The molecule has 0 aliphatic rings. The number of benzene rings is 1. The van der Waals surface area contributed by atoms with Crippen LogP contribution in [0.15, 0.2) is 24.3 Å². The summed E-state index contributed by atoms with van der Waals surface area (Å²) in [6.45, 7) is 4.92. The fourth-order valence-electron chi connectivity index (χ4n) is 1.64. The summed E-state index contributed by atoms with van der Waals surface area (Å²) in [6, 6.07) is 7.57. The van der Waals surface area contributed by atoms with Crippen molar-refractivity contribution in [3.8, 4) is 0 Å². The van der Waals surface area contributed by atoms with Crippen LogP contribution in [0.5, 0.6) is 0 Å². The van der Waals surface area contributed by atoms with Crippen molar-refractivity contribution in [1.29, 1.82) is 0 Å². The molecule has 0 saturated heterocycles. The maximum Gasteiger partial charge on any atom is 0.224 e. The van der Waals surface area contributed by atoms with E-state index in [0.717, 1.165) is 30.8 Å². The Bertz CT molecular complexity index is 462. The van der Waals surface area contributed by atoms with Gasteiger partial charge in [0.25, 0.3) is 0 Å². The van der Waals surface area contributed by atoms with Crippen molar-refractivity contribution in [2.45, 2.75) is 33.1 Å². The van der Waals surface area contributed by atoms with E-state index in [9.17, 15) is 4.79 Å². The molecule has 0 aliphatic carbocycles. The van der Waals surface area contributed by atoms with Gasteiger partial charge in [0, 0.05) is 31.4 Å². The second-order valence-electron chi connectivity index (χ2n) is 4.69. The van der Waals surface area contributed by atoms with Crippen LogP contribution in [0.25, 0.3) is 0 Å². The molecule has 1 amide bonds. The maximum absolute atomic E-state index is 11.4. The van der Waals surface area contributed by atoms with Crippen molar-refractivity contribution in [2.24, 2.45) is 0 Å². The third-order valence-corrected chi connectivity index (χ3v) is 3.33. The lowest BCUT2D eigenvalue weighted by molar-refractivity contribution is -0.115. The summed E-state index contributed by atoms with van der Waals surface area (Å²) in [5.74, 6) is 0.00444. The topological polar surface area (TPSA) is 44.4 Å². The molecule has 0 aromatic heterocycles. The summed E-state index contributed by atoms with van der Waals surface area (Å²) < 4.78 is 0. The monoisotopic (exact) mass is 293 g/mol. The largest absolute Gasteiger partial charge is 0.352 e. The number of hydrogen-bond acceptors (Lipinski definition) is 2. The van der Waals surface area contributed by atoms with Crippen molar-refractivity contribution in [1.82, 2.24) is 4.90 Å². The highest BCUT2D eigenvalue weighted by Gasteiger charge is 2.05. The van der Waals surface area contributed by atoms with Gasteiger partial charge in [-0.15, -0.1) is 0 Å². The Labute approximate surface area is 126 Å². The van der Waals surface area contributed by atoms with Crippen molar-refractivity contribution in [2.75, 3.05) is 24.2 Å². The first-order chi connectivity index (χ1) is 9.56. The second-order valence-corrected chi connectivity index (χ2v) is 5.07. The zero-order chi connectivity index (χ0) is 15.0. The maximum atomic E-state index is 11.4. The molecule has 5 heteroatoms. The fourth-order valence-corrected chi connectivity index (χ4v) is 1.85. The summed E-state index contributed by atoms with van der Waals surface area (Å²) in [5.41, 5.74) is 1.66. The number of nitrogens with one attached hydrogen (secondary N) is 2. The molecule has 4 nitrogen and oxygen atoms in total. The van der Waals surface area contributed by atoms with E-state index in [1.807, 2.05) is 43.1 Å². The molecule has 1 aromatic carbocycles. The van der Waals surface area contributed by atoms with Crippen LogP contribution in [0.4, 0.5) is 11.4 Å². The Morgan fingerprint density at radius 1 is 1.25 bits per heavy atom. The lowest BCUT2D eigenvalue weighted by Crippen LogP contribution is -2.31. The smallest absolute Gasteiger partial charge is 0.224 e. The lowest BCUT2D eigenvalue weighted by atomic mass is 10.2. The number of rotatable bonds is 6. The lowest BCUT2D eigenvalue weighted by Gasteiger charge is -2.21. The van der Waals surface area contributed by atoms with Crippen molar-refractivity contribution in [3.05, 3.63) is 24.3 Å². The standard InChI is InChI=1S/C15H23N3OS/c1-4-6-10-18(3)15(20)17-13-9-7-8-12(11-13)16-14(19)5-2/h7-9,11H,4-6,10H2,1-3H3,(H,16,19)(H,17,20). The molecule has 0 radical (unpaired) electrons. The van der Waals surface area contributed by atoms with Gasteiger partial charge in [0.2, 0.25) is 5.91 Å². The summed E-state index contributed by atoms with van der Waals surface area (Å²) in [7, 11) is 1.98. The summed E-state index contributed by atoms with van der Waals surface area (Å²) >= 11 is 5.35. The summed E-state index contributed by atoms with van der Waals surface area (Å²) in [5, 5.41) is 6.71. The number of nitrogens with zero attached hydrogens (tertiary/aromatic N) is 1. The number of amides is 1. The Morgan fingerprint density at radius 3 is 2.50 bits per heavy atom. The molecule has 110 valence electrons. The Morgan fingerprint density at radius 2 is 1.90 bits per heavy atom. The van der Waals surface area contributed by atoms with Crippen LogP contribution in [0.3, 0.4) is 0 Å². The second kappa shape index (κ2) is 8.53. The number of carbonyl (C=O) groups excluding carboxylic acids is 1. The van der Waals surface area contributed by atoms with Gasteiger partial charge in [-0.1, -0.05) is 26.3 Å². The summed E-state index contributed by atoms with van der Waals surface area (Å²) in [6.07, 6.45) is 2.73. The van der Waals surface area contributed by atoms with E-state index in [1.54, 1.807) is 0 Å². The Kier molecular flexibility index (Phi) is 7.01. The molecule has 0 saturated carbocycles. The number of unbranched alkanes of at least 4 members (excludes halogenated alkanes) is 1. The zero-order valence-corrected chi connectivity index (χ0v) is 13.2. The van der Waals surface area contributed by atoms with Gasteiger partial charge in [0.05, 0.1) is 0 Å². The fraction of sp³-hybridized carbons (Fsp3) is 0.467. The van der Waals surface area contributed by atoms with E-state index in [0.29, 0.717) is 11.5 Å².